The second-order valence-electron chi connectivity index (χ2n) is 19.8. The van der Waals surface area contributed by atoms with Crippen LogP contribution in [0.25, 0.3) is 147 Å². The minimum absolute atomic E-state index is 0.968. The molecule has 15 rings (SSSR count). The van der Waals surface area contributed by atoms with Crippen molar-refractivity contribution in [3.8, 4) is 55.6 Å². The number of allylic oxidation sites excluding steroid dienone is 2. The van der Waals surface area contributed by atoms with Crippen LogP contribution in [0, 0.1) is 6.92 Å². The summed E-state index contributed by atoms with van der Waals surface area (Å²) >= 11 is 0. The van der Waals surface area contributed by atoms with Crippen molar-refractivity contribution in [1.29, 1.82) is 0 Å². The van der Waals surface area contributed by atoms with Crippen molar-refractivity contribution in [2.45, 2.75) is 20.3 Å². The van der Waals surface area contributed by atoms with Gasteiger partial charge in [-0.2, -0.15) is 0 Å². The van der Waals surface area contributed by atoms with Gasteiger partial charge in [0.25, 0.3) is 0 Å². The van der Waals surface area contributed by atoms with Crippen molar-refractivity contribution in [1.82, 2.24) is 0 Å². The quantitative estimate of drug-likeness (QED) is 0.119. The lowest BCUT2D eigenvalue weighted by molar-refractivity contribution is 1.26. The molecule has 0 radical (unpaired) electrons. The van der Waals surface area contributed by atoms with Gasteiger partial charge < -0.3 is 0 Å². The fourth-order valence-electron chi connectivity index (χ4n) is 13.1. The first-order valence-electron chi connectivity index (χ1n) is 25.1. The zero-order valence-electron chi connectivity index (χ0n) is 39.6. The van der Waals surface area contributed by atoms with Gasteiger partial charge in [-0.25, -0.2) is 0 Å². The number of hydrogen-bond donors (Lipinski definition) is 0. The molecule has 0 amide bonds. The third kappa shape index (κ3) is 5.74. The fourth-order valence-corrected chi connectivity index (χ4v) is 13.1. The molecule has 0 aromatic heterocycles. The molecule has 0 N–H and O–H groups in total. The average Bonchev–Trinajstić information content (AvgIpc) is 3.42. The van der Waals surface area contributed by atoms with Crippen LogP contribution in [0.2, 0.25) is 0 Å². The van der Waals surface area contributed by atoms with E-state index in [4.69, 9.17) is 0 Å². The molecular weight excluding hydrogens is 853 g/mol. The van der Waals surface area contributed by atoms with E-state index in [1.165, 1.54) is 164 Å². The van der Waals surface area contributed by atoms with Crippen LogP contribution < -0.4 is 0 Å². The van der Waals surface area contributed by atoms with E-state index in [0.717, 1.165) is 6.42 Å². The Kier molecular flexibility index (Phi) is 8.66. The normalized spacial score (nSPS) is 12.7. The molecule has 0 spiro atoms. The molecule has 0 saturated heterocycles. The Hall–Kier alpha value is -8.84. The van der Waals surface area contributed by atoms with Crippen molar-refractivity contribution >= 4 is 91.8 Å². The Morgan fingerprint density at radius 2 is 0.620 bits per heavy atom. The van der Waals surface area contributed by atoms with E-state index in [2.05, 4.69) is 244 Å². The molecule has 0 nitrogen and oxygen atoms in total. The van der Waals surface area contributed by atoms with Gasteiger partial charge in [0.05, 0.1) is 0 Å². The summed E-state index contributed by atoms with van der Waals surface area (Å²) in [5.74, 6) is 0. The van der Waals surface area contributed by atoms with Crippen molar-refractivity contribution in [3.05, 3.63) is 247 Å². The van der Waals surface area contributed by atoms with E-state index >= 15 is 0 Å². The predicted octanol–water partition coefficient (Wildman–Crippen LogP) is 20.0. The van der Waals surface area contributed by atoms with Crippen molar-refractivity contribution in [2.75, 3.05) is 0 Å². The maximum Gasteiger partial charge on any atom is -0.00139 e. The van der Waals surface area contributed by atoms with Crippen LogP contribution in [0.4, 0.5) is 0 Å². The molecule has 0 heteroatoms. The fraction of sp³-hybridized carbons (Fsp3) is 0.0423. The van der Waals surface area contributed by atoms with E-state index in [1.54, 1.807) is 0 Å². The first-order valence-corrected chi connectivity index (χ1v) is 25.1. The van der Waals surface area contributed by atoms with Crippen LogP contribution in [-0.2, 0) is 6.42 Å². The highest BCUT2D eigenvalue weighted by Crippen LogP contribution is 2.53. The maximum atomic E-state index is 2.39. The van der Waals surface area contributed by atoms with Crippen LogP contribution in [0.5, 0.6) is 0 Å². The zero-order valence-corrected chi connectivity index (χ0v) is 39.6. The SMILES string of the molecule is CC1=CCc2ccc(-c3ccccc3-c3c4ccccc4c(-c4c5ccccc5c(-c5ccccc5-c5ccc6ccc7cccc8ccc5c6c78)c5ccccc45)c4ccccc34)c3ccc(C)c1c23. The molecule has 0 saturated carbocycles. The molecular formula is C71H46. The van der Waals surface area contributed by atoms with E-state index in [-0.39, 0.29) is 0 Å². The monoisotopic (exact) mass is 898 g/mol. The second kappa shape index (κ2) is 15.3. The standard InChI is InChI=1S/C71H46/c1-42-30-32-46-35-39-50(62-38-31-43(2)64(42)66(46)62)48-18-3-5-20-52(48)68-54-22-7-11-26-58(54)70(59-27-12-8-23-55(59)68)71-60-28-13-9-24-56(60)69(57-25-10-14-29-61(57)71)53-21-6-4-19-49(53)51-40-36-47-34-33-44-16-15-17-45-37-41-63(51)67(47)65(44)45/h3-31,33-41H,32H2,1-2H3. The van der Waals surface area contributed by atoms with Gasteiger partial charge in [-0.3, -0.25) is 0 Å². The summed E-state index contributed by atoms with van der Waals surface area (Å²) < 4.78 is 0. The Balaban J connectivity index is 1.00. The highest BCUT2D eigenvalue weighted by atomic mass is 14.3. The minimum Gasteiger partial charge on any atom is -0.0765 e. The van der Waals surface area contributed by atoms with Crippen LogP contribution >= 0.6 is 0 Å². The lowest BCUT2D eigenvalue weighted by atomic mass is 9.79. The van der Waals surface area contributed by atoms with E-state index < -0.39 is 0 Å². The Morgan fingerprint density at radius 3 is 1.13 bits per heavy atom. The molecule has 14 aromatic carbocycles. The Bertz CT molecular complexity index is 4490. The average molecular weight is 899 g/mol. The summed E-state index contributed by atoms with van der Waals surface area (Å²) in [5.41, 5.74) is 18.1. The number of fused-ring (bicyclic) bond motifs is 4. The number of aryl methyl sites for hydroxylation is 1. The first-order chi connectivity index (χ1) is 35.1. The third-order valence-corrected chi connectivity index (χ3v) is 16.1. The van der Waals surface area contributed by atoms with Crippen LogP contribution in [-0.4, -0.2) is 0 Å². The van der Waals surface area contributed by atoms with Gasteiger partial charge in [-0.15, -0.1) is 0 Å². The molecule has 0 heterocycles. The van der Waals surface area contributed by atoms with Gasteiger partial charge in [0.15, 0.2) is 0 Å². The largest absolute Gasteiger partial charge is 0.0765 e. The van der Waals surface area contributed by atoms with E-state index in [9.17, 15) is 0 Å². The second-order valence-corrected chi connectivity index (χ2v) is 19.8. The highest BCUT2D eigenvalue weighted by Gasteiger charge is 2.26. The Morgan fingerprint density at radius 1 is 0.239 bits per heavy atom. The van der Waals surface area contributed by atoms with Crippen LogP contribution in [0.3, 0.4) is 0 Å². The zero-order chi connectivity index (χ0) is 46.9. The topological polar surface area (TPSA) is 0 Å². The third-order valence-electron chi connectivity index (χ3n) is 16.1. The van der Waals surface area contributed by atoms with Gasteiger partial charge in [0, 0.05) is 0 Å². The molecule has 14 aromatic rings. The molecule has 0 aliphatic heterocycles. The molecule has 0 bridgehead atoms. The lowest BCUT2D eigenvalue weighted by Gasteiger charge is -2.24. The van der Waals surface area contributed by atoms with Crippen molar-refractivity contribution in [2.24, 2.45) is 0 Å². The molecule has 1 aliphatic rings. The minimum atomic E-state index is 0.968. The molecule has 0 atom stereocenters. The van der Waals surface area contributed by atoms with Gasteiger partial charge in [-0.1, -0.05) is 231 Å². The van der Waals surface area contributed by atoms with Gasteiger partial charge in [0.1, 0.15) is 0 Å². The molecule has 0 fully saturated rings. The van der Waals surface area contributed by atoms with Crippen molar-refractivity contribution < 1.29 is 0 Å². The number of benzene rings is 14. The lowest BCUT2D eigenvalue weighted by Crippen LogP contribution is -2.00. The highest BCUT2D eigenvalue weighted by molar-refractivity contribution is 6.32. The summed E-state index contributed by atoms with van der Waals surface area (Å²) in [6, 6.07) is 84.9. The van der Waals surface area contributed by atoms with Gasteiger partial charge in [0.2, 0.25) is 0 Å². The summed E-state index contributed by atoms with van der Waals surface area (Å²) in [4.78, 5) is 0. The molecule has 71 heavy (non-hydrogen) atoms. The van der Waals surface area contributed by atoms with Crippen LogP contribution in [0.1, 0.15) is 23.6 Å². The summed E-state index contributed by atoms with van der Waals surface area (Å²) in [6.45, 7) is 4.54. The maximum absolute atomic E-state index is 2.39. The first kappa shape index (κ1) is 40.1. The summed E-state index contributed by atoms with van der Waals surface area (Å²) in [5, 5.41) is 20.5. The molecule has 0 unspecified atom stereocenters. The van der Waals surface area contributed by atoms with E-state index in [1.807, 2.05) is 0 Å². The molecule has 330 valence electrons. The molecule has 1 aliphatic carbocycles. The predicted molar refractivity (Wildman–Crippen MR) is 307 cm³/mol. The summed E-state index contributed by atoms with van der Waals surface area (Å²) in [7, 11) is 0. The Labute approximate surface area is 412 Å². The smallest absolute Gasteiger partial charge is 0.00139 e. The van der Waals surface area contributed by atoms with Crippen LogP contribution in [0.15, 0.2) is 231 Å². The van der Waals surface area contributed by atoms with E-state index in [0.29, 0.717) is 0 Å². The number of hydrogen-bond acceptors (Lipinski definition) is 0. The van der Waals surface area contributed by atoms with Gasteiger partial charge in [-0.05, 0) is 184 Å². The van der Waals surface area contributed by atoms with Crippen molar-refractivity contribution in [3.63, 3.8) is 0 Å². The summed E-state index contributed by atoms with van der Waals surface area (Å²) in [6.07, 6.45) is 3.36. The van der Waals surface area contributed by atoms with Gasteiger partial charge >= 0.3 is 0 Å². The number of rotatable bonds is 5.